The van der Waals surface area contributed by atoms with Crippen LogP contribution in [0.5, 0.6) is 0 Å². The number of fused-ring (bicyclic) bond motifs is 1. The molecular formula is C17H18N6O2. The van der Waals surface area contributed by atoms with Gasteiger partial charge in [-0.15, -0.1) is 0 Å². The Kier molecular flexibility index (Phi) is 4.89. The number of hydrogen-bond acceptors (Lipinski definition) is 4. The minimum Gasteiger partial charge on any atom is -0.345 e. The normalized spacial score (nSPS) is 10.4. The van der Waals surface area contributed by atoms with Crippen LogP contribution in [0, 0.1) is 0 Å². The van der Waals surface area contributed by atoms with Crippen LogP contribution < -0.4 is 16.0 Å². The number of rotatable bonds is 5. The maximum absolute atomic E-state index is 12.0. The number of benzene rings is 1. The highest BCUT2D eigenvalue weighted by Gasteiger charge is 2.09. The molecule has 0 aliphatic rings. The molecule has 0 aliphatic heterocycles. The third-order valence-electron chi connectivity index (χ3n) is 3.59. The van der Waals surface area contributed by atoms with Crippen molar-refractivity contribution in [1.29, 1.82) is 0 Å². The number of anilines is 1. The molecule has 25 heavy (non-hydrogen) atoms. The van der Waals surface area contributed by atoms with Gasteiger partial charge in [0.05, 0.1) is 0 Å². The Balaban J connectivity index is 1.75. The maximum atomic E-state index is 12.0. The lowest BCUT2D eigenvalue weighted by molar-refractivity contribution is 0.0941. The van der Waals surface area contributed by atoms with E-state index in [1.54, 1.807) is 18.5 Å². The van der Waals surface area contributed by atoms with Crippen molar-refractivity contribution < 1.29 is 9.59 Å². The van der Waals surface area contributed by atoms with E-state index in [2.05, 4.69) is 30.9 Å². The fourth-order valence-corrected chi connectivity index (χ4v) is 2.43. The quantitative estimate of drug-likeness (QED) is 0.570. The van der Waals surface area contributed by atoms with E-state index in [4.69, 9.17) is 0 Å². The summed E-state index contributed by atoms with van der Waals surface area (Å²) in [5.41, 5.74) is 0.925. The van der Waals surface area contributed by atoms with Gasteiger partial charge in [0.1, 0.15) is 5.82 Å². The number of hydrogen-bond donors (Lipinski definition) is 4. The topological polar surface area (TPSA) is 112 Å². The second kappa shape index (κ2) is 7.43. The number of nitrogens with zero attached hydrogens (tertiary/aromatic N) is 2. The van der Waals surface area contributed by atoms with E-state index in [1.807, 2.05) is 25.1 Å². The Morgan fingerprint density at radius 2 is 2.08 bits per heavy atom. The van der Waals surface area contributed by atoms with Gasteiger partial charge in [-0.25, -0.2) is 14.8 Å². The molecule has 0 unspecified atom stereocenters. The lowest BCUT2D eigenvalue weighted by Crippen LogP contribution is -2.28. The van der Waals surface area contributed by atoms with Gasteiger partial charge >= 0.3 is 6.03 Å². The molecule has 0 bridgehead atoms. The Labute approximate surface area is 144 Å². The highest BCUT2D eigenvalue weighted by molar-refractivity contribution is 5.93. The first-order valence-electron chi connectivity index (χ1n) is 7.87. The number of imidazole rings is 1. The Hall–Kier alpha value is -3.42. The predicted octanol–water partition coefficient (Wildman–Crippen LogP) is 2.03. The van der Waals surface area contributed by atoms with Crippen LogP contribution in [0.1, 0.15) is 23.1 Å². The number of amides is 3. The molecule has 2 aromatic heterocycles. The van der Waals surface area contributed by atoms with Gasteiger partial charge in [-0.2, -0.15) is 0 Å². The Morgan fingerprint density at radius 3 is 2.84 bits per heavy atom. The highest BCUT2D eigenvalue weighted by Crippen LogP contribution is 2.20. The zero-order chi connectivity index (χ0) is 17.6. The molecule has 0 saturated carbocycles. The minimum absolute atomic E-state index is 0.270. The van der Waals surface area contributed by atoms with E-state index in [0.717, 1.165) is 16.3 Å². The third-order valence-corrected chi connectivity index (χ3v) is 3.59. The summed E-state index contributed by atoms with van der Waals surface area (Å²) in [6.07, 6.45) is 4.81. The van der Waals surface area contributed by atoms with Gasteiger partial charge in [-0.05, 0) is 23.9 Å². The molecule has 3 amide bonds. The summed E-state index contributed by atoms with van der Waals surface area (Å²) in [7, 11) is 0. The van der Waals surface area contributed by atoms with Gasteiger partial charge in [0.15, 0.2) is 5.82 Å². The number of nitrogens with one attached hydrogen (secondary N) is 4. The summed E-state index contributed by atoms with van der Waals surface area (Å²) in [4.78, 5) is 34.5. The number of pyridine rings is 1. The summed E-state index contributed by atoms with van der Waals surface area (Å²) in [5, 5.41) is 9.98. The van der Waals surface area contributed by atoms with Crippen LogP contribution in [-0.2, 0) is 6.54 Å². The minimum atomic E-state index is -0.295. The summed E-state index contributed by atoms with van der Waals surface area (Å²) >= 11 is 0. The second-order valence-corrected chi connectivity index (χ2v) is 5.31. The molecule has 0 fully saturated rings. The standard InChI is InChI=1S/C17H18N6O2/c1-2-18-17(25)23-14-8-11-4-3-5-12(13(11)10-21-14)9-22-16(24)15-19-6-7-20-15/h3-8,10H,2,9H2,1H3,(H,19,20)(H,22,24)(H2,18,21,23,25). The van der Waals surface area contributed by atoms with Gasteiger partial charge in [0.25, 0.3) is 5.91 Å². The van der Waals surface area contributed by atoms with E-state index < -0.39 is 0 Å². The molecule has 3 aromatic rings. The van der Waals surface area contributed by atoms with E-state index in [-0.39, 0.29) is 17.8 Å². The van der Waals surface area contributed by atoms with Crippen LogP contribution in [0.15, 0.2) is 42.9 Å². The smallest absolute Gasteiger partial charge is 0.320 e. The number of urea groups is 1. The number of aromatic nitrogens is 3. The maximum Gasteiger partial charge on any atom is 0.320 e. The summed E-state index contributed by atoms with van der Waals surface area (Å²) < 4.78 is 0. The summed E-state index contributed by atoms with van der Waals surface area (Å²) in [5.74, 6) is 0.464. The van der Waals surface area contributed by atoms with Crippen LogP contribution in [0.2, 0.25) is 0 Å². The fraction of sp³-hybridized carbons (Fsp3) is 0.176. The molecule has 2 heterocycles. The molecule has 0 aliphatic carbocycles. The van der Waals surface area contributed by atoms with Gasteiger partial charge in [-0.1, -0.05) is 18.2 Å². The summed E-state index contributed by atoms with van der Waals surface area (Å²) in [6, 6.07) is 7.24. The average Bonchev–Trinajstić information content (AvgIpc) is 3.14. The first-order valence-corrected chi connectivity index (χ1v) is 7.87. The van der Waals surface area contributed by atoms with Crippen molar-refractivity contribution in [3.05, 3.63) is 54.2 Å². The molecule has 1 aromatic carbocycles. The molecular weight excluding hydrogens is 320 g/mol. The van der Waals surface area contributed by atoms with E-state index in [0.29, 0.717) is 18.9 Å². The highest BCUT2D eigenvalue weighted by atomic mass is 16.2. The fourth-order valence-electron chi connectivity index (χ4n) is 2.43. The number of carbonyl (C=O) groups is 2. The van der Waals surface area contributed by atoms with Gasteiger partial charge in [0.2, 0.25) is 0 Å². The number of carbonyl (C=O) groups excluding carboxylic acids is 2. The molecule has 4 N–H and O–H groups in total. The third kappa shape index (κ3) is 3.92. The molecule has 128 valence electrons. The van der Waals surface area contributed by atoms with Gasteiger partial charge < -0.3 is 15.6 Å². The largest absolute Gasteiger partial charge is 0.345 e. The lowest BCUT2D eigenvalue weighted by atomic mass is 10.1. The van der Waals surface area contributed by atoms with Crippen molar-refractivity contribution in [3.8, 4) is 0 Å². The monoisotopic (exact) mass is 338 g/mol. The zero-order valence-corrected chi connectivity index (χ0v) is 13.7. The molecule has 3 rings (SSSR count). The van der Waals surface area contributed by atoms with Crippen molar-refractivity contribution in [3.63, 3.8) is 0 Å². The molecule has 0 saturated heterocycles. The van der Waals surface area contributed by atoms with Crippen LogP contribution >= 0.6 is 0 Å². The SMILES string of the molecule is CCNC(=O)Nc1cc2cccc(CNC(=O)c3ncc[nH]3)c2cn1. The molecule has 0 spiro atoms. The average molecular weight is 338 g/mol. The lowest BCUT2D eigenvalue weighted by Gasteiger charge is -2.10. The molecule has 0 atom stereocenters. The van der Waals surface area contributed by atoms with Crippen molar-refractivity contribution in [2.45, 2.75) is 13.5 Å². The van der Waals surface area contributed by atoms with Crippen LogP contribution in [0.4, 0.5) is 10.6 Å². The number of aromatic amines is 1. The van der Waals surface area contributed by atoms with Crippen molar-refractivity contribution in [2.75, 3.05) is 11.9 Å². The molecule has 0 radical (unpaired) electrons. The van der Waals surface area contributed by atoms with Gasteiger partial charge in [0, 0.05) is 37.1 Å². The van der Waals surface area contributed by atoms with Crippen LogP contribution in [0.25, 0.3) is 10.8 Å². The second-order valence-electron chi connectivity index (χ2n) is 5.31. The van der Waals surface area contributed by atoms with E-state index in [9.17, 15) is 9.59 Å². The van der Waals surface area contributed by atoms with Crippen LogP contribution in [-0.4, -0.2) is 33.4 Å². The predicted molar refractivity (Wildman–Crippen MR) is 94.2 cm³/mol. The van der Waals surface area contributed by atoms with E-state index >= 15 is 0 Å². The summed E-state index contributed by atoms with van der Waals surface area (Å²) in [6.45, 7) is 2.73. The van der Waals surface area contributed by atoms with Gasteiger partial charge in [-0.3, -0.25) is 10.1 Å². The molecule has 8 heteroatoms. The molecule has 8 nitrogen and oxygen atoms in total. The van der Waals surface area contributed by atoms with E-state index in [1.165, 1.54) is 6.20 Å². The zero-order valence-electron chi connectivity index (χ0n) is 13.7. The van der Waals surface area contributed by atoms with Crippen molar-refractivity contribution in [1.82, 2.24) is 25.6 Å². The van der Waals surface area contributed by atoms with Crippen LogP contribution in [0.3, 0.4) is 0 Å². The first-order chi connectivity index (χ1) is 12.2. The Bertz CT molecular complexity index is 891. The Morgan fingerprint density at radius 1 is 1.20 bits per heavy atom. The first kappa shape index (κ1) is 16.4. The van der Waals surface area contributed by atoms with Crippen molar-refractivity contribution >= 4 is 28.5 Å². The number of H-pyrrole nitrogens is 1. The van der Waals surface area contributed by atoms with Crippen molar-refractivity contribution in [2.24, 2.45) is 0 Å².